The molecular weight excluding hydrogens is 190 g/mol. The molecule has 1 heterocycles. The van der Waals surface area contributed by atoms with Crippen LogP contribution in [0.5, 0.6) is 0 Å². The largest absolute Gasteiger partial charge is 0.396 e. The van der Waals surface area contributed by atoms with E-state index in [0.29, 0.717) is 18.6 Å². The molecule has 0 aromatic rings. The molecule has 2 fully saturated rings. The summed E-state index contributed by atoms with van der Waals surface area (Å²) in [5, 5.41) is 12.9. The highest BCUT2D eigenvalue weighted by Gasteiger charge is 2.26. The molecule has 0 aromatic heterocycles. The third-order valence-electron chi connectivity index (χ3n) is 3.90. The minimum Gasteiger partial charge on any atom is -0.396 e. The molecule has 3 heteroatoms. The van der Waals surface area contributed by atoms with Gasteiger partial charge in [0.15, 0.2) is 0 Å². The first-order valence-electron chi connectivity index (χ1n) is 6.32. The van der Waals surface area contributed by atoms with Gasteiger partial charge in [0.1, 0.15) is 0 Å². The quantitative estimate of drug-likeness (QED) is 0.736. The molecule has 1 saturated heterocycles. The molecule has 3 nitrogen and oxygen atoms in total. The average molecular weight is 213 g/mol. The van der Waals surface area contributed by atoms with E-state index in [1.54, 1.807) is 0 Å². The fraction of sp³-hybridized carbons (Fsp3) is 1.00. The first-order valence-corrected chi connectivity index (χ1v) is 6.32. The first kappa shape index (κ1) is 11.4. The van der Waals surface area contributed by atoms with Crippen molar-refractivity contribution in [2.24, 2.45) is 11.8 Å². The molecule has 2 atom stereocenters. The monoisotopic (exact) mass is 213 g/mol. The number of aliphatic hydroxyl groups is 1. The van der Waals surface area contributed by atoms with E-state index >= 15 is 0 Å². The van der Waals surface area contributed by atoms with Crippen LogP contribution in [-0.4, -0.2) is 37.5 Å². The van der Waals surface area contributed by atoms with Crippen molar-refractivity contribution in [1.29, 1.82) is 0 Å². The summed E-state index contributed by atoms with van der Waals surface area (Å²) in [4.78, 5) is 0. The number of aliphatic hydroxyl groups excluding tert-OH is 1. The molecule has 88 valence electrons. The van der Waals surface area contributed by atoms with Crippen molar-refractivity contribution in [3.8, 4) is 0 Å². The molecule has 0 aromatic carbocycles. The number of nitrogens with one attached hydrogen (secondary N) is 1. The van der Waals surface area contributed by atoms with Crippen LogP contribution in [0.2, 0.25) is 0 Å². The van der Waals surface area contributed by atoms with E-state index in [1.807, 2.05) is 0 Å². The third-order valence-corrected chi connectivity index (χ3v) is 3.90. The maximum Gasteiger partial charge on any atom is 0.0474 e. The molecular formula is C12H23NO2. The third kappa shape index (κ3) is 3.16. The van der Waals surface area contributed by atoms with Crippen LogP contribution in [-0.2, 0) is 4.74 Å². The van der Waals surface area contributed by atoms with Crippen LogP contribution in [0.25, 0.3) is 0 Å². The smallest absolute Gasteiger partial charge is 0.0474 e. The Morgan fingerprint density at radius 2 is 1.93 bits per heavy atom. The number of hydrogen-bond donors (Lipinski definition) is 2. The van der Waals surface area contributed by atoms with Gasteiger partial charge in [0.25, 0.3) is 0 Å². The molecule has 1 aliphatic carbocycles. The summed E-state index contributed by atoms with van der Waals surface area (Å²) in [6.07, 6.45) is 6.11. The molecule has 2 unspecified atom stereocenters. The minimum atomic E-state index is 0.353. The predicted molar refractivity (Wildman–Crippen MR) is 59.8 cm³/mol. The maximum atomic E-state index is 9.21. The second-order valence-electron chi connectivity index (χ2n) is 4.94. The topological polar surface area (TPSA) is 41.5 Å². The second-order valence-corrected chi connectivity index (χ2v) is 4.94. The van der Waals surface area contributed by atoms with Gasteiger partial charge in [-0.15, -0.1) is 0 Å². The summed E-state index contributed by atoms with van der Waals surface area (Å²) in [5.74, 6) is 1.29. The van der Waals surface area contributed by atoms with E-state index in [0.717, 1.165) is 25.7 Å². The lowest BCUT2D eigenvalue weighted by Crippen LogP contribution is -2.38. The van der Waals surface area contributed by atoms with Crippen molar-refractivity contribution in [3.63, 3.8) is 0 Å². The normalized spacial score (nSPS) is 33.4. The zero-order valence-electron chi connectivity index (χ0n) is 9.45. The lowest BCUT2D eigenvalue weighted by atomic mass is 9.98. The van der Waals surface area contributed by atoms with Crippen LogP contribution < -0.4 is 5.32 Å². The van der Waals surface area contributed by atoms with Crippen molar-refractivity contribution in [2.45, 2.75) is 38.1 Å². The van der Waals surface area contributed by atoms with Gasteiger partial charge in [-0.3, -0.25) is 0 Å². The van der Waals surface area contributed by atoms with E-state index in [2.05, 4.69) is 5.32 Å². The van der Waals surface area contributed by atoms with Gasteiger partial charge in [-0.2, -0.15) is 0 Å². The number of rotatable bonds is 4. The van der Waals surface area contributed by atoms with E-state index in [-0.39, 0.29) is 0 Å². The Labute approximate surface area is 92.2 Å². The Kier molecular flexibility index (Phi) is 4.42. The molecule has 0 radical (unpaired) electrons. The van der Waals surface area contributed by atoms with E-state index in [9.17, 15) is 5.11 Å². The van der Waals surface area contributed by atoms with Gasteiger partial charge < -0.3 is 15.2 Å². The van der Waals surface area contributed by atoms with Crippen molar-refractivity contribution in [3.05, 3.63) is 0 Å². The highest BCUT2D eigenvalue weighted by molar-refractivity contribution is 4.83. The Bertz CT molecular complexity index is 180. The first-order chi connectivity index (χ1) is 7.40. The average Bonchev–Trinajstić information content (AvgIpc) is 2.75. The second kappa shape index (κ2) is 5.83. The minimum absolute atomic E-state index is 0.353. The molecule has 0 spiro atoms. The highest BCUT2D eigenvalue weighted by atomic mass is 16.5. The van der Waals surface area contributed by atoms with Crippen LogP contribution in [0.3, 0.4) is 0 Å². The Hall–Kier alpha value is -0.120. The maximum absolute atomic E-state index is 9.21. The highest BCUT2D eigenvalue weighted by Crippen LogP contribution is 2.25. The Morgan fingerprint density at radius 3 is 2.67 bits per heavy atom. The van der Waals surface area contributed by atoms with Crippen molar-refractivity contribution >= 4 is 0 Å². The fourth-order valence-electron chi connectivity index (χ4n) is 2.79. The molecule has 2 N–H and O–H groups in total. The molecule has 0 bridgehead atoms. The molecule has 1 saturated carbocycles. The van der Waals surface area contributed by atoms with Crippen LogP contribution in [0.1, 0.15) is 32.1 Å². The van der Waals surface area contributed by atoms with E-state index < -0.39 is 0 Å². The van der Waals surface area contributed by atoms with Gasteiger partial charge in [0.2, 0.25) is 0 Å². The van der Waals surface area contributed by atoms with Crippen molar-refractivity contribution < 1.29 is 9.84 Å². The van der Waals surface area contributed by atoms with Gasteiger partial charge in [-0.1, -0.05) is 6.42 Å². The fourth-order valence-corrected chi connectivity index (χ4v) is 2.79. The van der Waals surface area contributed by atoms with Gasteiger partial charge in [0.05, 0.1) is 0 Å². The number of ether oxygens (including phenoxy) is 1. The Balaban J connectivity index is 1.67. The van der Waals surface area contributed by atoms with E-state index in [1.165, 1.54) is 32.1 Å². The zero-order chi connectivity index (χ0) is 10.5. The molecule has 2 rings (SSSR count). The van der Waals surface area contributed by atoms with Gasteiger partial charge >= 0.3 is 0 Å². The lowest BCUT2D eigenvalue weighted by molar-refractivity contribution is 0.0644. The molecule has 1 aliphatic heterocycles. The summed E-state index contributed by atoms with van der Waals surface area (Å²) < 4.78 is 5.35. The molecule has 0 amide bonds. The summed E-state index contributed by atoms with van der Waals surface area (Å²) in [6, 6.07) is 0.567. The standard InChI is InChI=1S/C12H23NO2/c14-9-11-2-1-3-12(11)13-8-10-4-6-15-7-5-10/h10-14H,1-9H2. The lowest BCUT2D eigenvalue weighted by Gasteiger charge is -2.26. The van der Waals surface area contributed by atoms with Crippen molar-refractivity contribution in [1.82, 2.24) is 5.32 Å². The van der Waals surface area contributed by atoms with Crippen LogP contribution in [0, 0.1) is 11.8 Å². The summed E-state index contributed by atoms with van der Waals surface area (Å²) >= 11 is 0. The molecule has 2 aliphatic rings. The number of hydrogen-bond acceptors (Lipinski definition) is 3. The zero-order valence-corrected chi connectivity index (χ0v) is 9.45. The molecule has 15 heavy (non-hydrogen) atoms. The Morgan fingerprint density at radius 1 is 1.13 bits per heavy atom. The summed E-state index contributed by atoms with van der Waals surface area (Å²) in [6.45, 7) is 3.33. The summed E-state index contributed by atoms with van der Waals surface area (Å²) in [5.41, 5.74) is 0. The van der Waals surface area contributed by atoms with Crippen molar-refractivity contribution in [2.75, 3.05) is 26.4 Å². The van der Waals surface area contributed by atoms with E-state index in [4.69, 9.17) is 4.74 Å². The van der Waals surface area contributed by atoms with Crippen LogP contribution >= 0.6 is 0 Å². The van der Waals surface area contributed by atoms with Gasteiger partial charge in [-0.25, -0.2) is 0 Å². The van der Waals surface area contributed by atoms with Gasteiger partial charge in [-0.05, 0) is 44.1 Å². The predicted octanol–water partition coefficient (Wildman–Crippen LogP) is 1.16. The van der Waals surface area contributed by atoms with Crippen LogP contribution in [0.15, 0.2) is 0 Å². The van der Waals surface area contributed by atoms with Crippen LogP contribution in [0.4, 0.5) is 0 Å². The SMILES string of the molecule is OCC1CCCC1NCC1CCOCC1. The van der Waals surface area contributed by atoms with Gasteiger partial charge in [0, 0.05) is 25.9 Å². The summed E-state index contributed by atoms with van der Waals surface area (Å²) in [7, 11) is 0.